The molecule has 1 aromatic carbocycles. The molecule has 0 saturated carbocycles. The third kappa shape index (κ3) is 4.53. The number of carbonyl (C=O) groups excluding carboxylic acids is 1. The van der Waals surface area contributed by atoms with Crippen molar-refractivity contribution in [3.8, 4) is 11.3 Å². The van der Waals surface area contributed by atoms with Gasteiger partial charge in [-0.15, -0.1) is 0 Å². The number of halogens is 5. The van der Waals surface area contributed by atoms with E-state index in [4.69, 9.17) is 23.2 Å². The van der Waals surface area contributed by atoms with Gasteiger partial charge in [0.25, 0.3) is 5.91 Å². The van der Waals surface area contributed by atoms with E-state index in [1.165, 1.54) is 36.8 Å². The molecule has 0 saturated heterocycles. The fourth-order valence-corrected chi connectivity index (χ4v) is 2.40. The maximum atomic E-state index is 12.8. The van der Waals surface area contributed by atoms with Gasteiger partial charge in [-0.3, -0.25) is 9.78 Å². The third-order valence-corrected chi connectivity index (χ3v) is 4.12. The fraction of sp³-hybridized carbons (Fsp3) is 0.0588. The minimum atomic E-state index is -4.45. The molecule has 0 fully saturated rings. The minimum Gasteiger partial charge on any atom is -0.305 e. The Kier molecular flexibility index (Phi) is 5.29. The van der Waals surface area contributed by atoms with Crippen molar-refractivity contribution in [2.75, 3.05) is 5.32 Å². The first-order valence-corrected chi connectivity index (χ1v) is 8.12. The van der Waals surface area contributed by atoms with Crippen LogP contribution in [0.5, 0.6) is 0 Å². The van der Waals surface area contributed by atoms with Crippen LogP contribution in [0.2, 0.25) is 10.2 Å². The summed E-state index contributed by atoms with van der Waals surface area (Å²) < 4.78 is 38.4. The number of rotatable bonds is 3. The summed E-state index contributed by atoms with van der Waals surface area (Å²) >= 11 is 11.5. The van der Waals surface area contributed by atoms with Gasteiger partial charge >= 0.3 is 6.18 Å². The summed E-state index contributed by atoms with van der Waals surface area (Å²) in [5, 5.41) is 2.67. The van der Waals surface area contributed by atoms with Crippen LogP contribution in [-0.4, -0.2) is 20.9 Å². The molecule has 2 aromatic heterocycles. The average Bonchev–Trinajstić information content (AvgIpc) is 2.64. The van der Waals surface area contributed by atoms with Gasteiger partial charge < -0.3 is 5.32 Å². The Hall–Kier alpha value is -2.71. The van der Waals surface area contributed by atoms with E-state index in [0.717, 1.165) is 12.1 Å². The number of pyridine rings is 1. The van der Waals surface area contributed by atoms with Crippen LogP contribution < -0.4 is 5.32 Å². The van der Waals surface area contributed by atoms with Gasteiger partial charge in [-0.1, -0.05) is 35.3 Å². The van der Waals surface area contributed by atoms with E-state index < -0.39 is 17.6 Å². The summed E-state index contributed by atoms with van der Waals surface area (Å²) in [5.41, 5.74) is -0.140. The highest BCUT2D eigenvalue weighted by Gasteiger charge is 2.30. The van der Waals surface area contributed by atoms with Gasteiger partial charge in [-0.2, -0.15) is 13.2 Å². The number of hydrogen-bond donors (Lipinski definition) is 1. The lowest BCUT2D eigenvalue weighted by molar-refractivity contribution is -0.137. The Bertz CT molecular complexity index is 994. The number of aromatic nitrogens is 3. The normalized spacial score (nSPS) is 11.3. The predicted octanol–water partition coefficient (Wildman–Crippen LogP) is 5.12. The maximum absolute atomic E-state index is 12.8. The summed E-state index contributed by atoms with van der Waals surface area (Å²) in [4.78, 5) is 24.0. The molecule has 3 rings (SSSR count). The van der Waals surface area contributed by atoms with E-state index in [1.54, 1.807) is 0 Å². The van der Waals surface area contributed by atoms with Crippen molar-refractivity contribution in [1.82, 2.24) is 15.0 Å². The lowest BCUT2D eigenvalue weighted by atomic mass is 10.1. The molecule has 3 aromatic rings. The SMILES string of the molecule is O=C(Nc1cnc(-c2cccc(C(F)(F)F)c2)cn1)c1cnc(Cl)c(Cl)c1. The van der Waals surface area contributed by atoms with Gasteiger partial charge in [0.2, 0.25) is 0 Å². The van der Waals surface area contributed by atoms with Crippen molar-refractivity contribution in [3.63, 3.8) is 0 Å². The Labute approximate surface area is 161 Å². The molecule has 0 aliphatic heterocycles. The molecular formula is C17H9Cl2F3N4O. The van der Waals surface area contributed by atoms with Gasteiger partial charge in [-0.05, 0) is 18.2 Å². The van der Waals surface area contributed by atoms with Crippen LogP contribution in [0, 0.1) is 0 Å². The van der Waals surface area contributed by atoms with E-state index in [1.807, 2.05) is 0 Å². The monoisotopic (exact) mass is 412 g/mol. The average molecular weight is 413 g/mol. The fourth-order valence-electron chi connectivity index (χ4n) is 2.13. The predicted molar refractivity (Wildman–Crippen MR) is 94.7 cm³/mol. The molecule has 1 N–H and O–H groups in total. The molecular weight excluding hydrogens is 404 g/mol. The van der Waals surface area contributed by atoms with Crippen LogP contribution in [0.15, 0.2) is 48.9 Å². The van der Waals surface area contributed by atoms with Gasteiger partial charge in [0.05, 0.1) is 34.2 Å². The third-order valence-electron chi connectivity index (χ3n) is 3.44. The number of hydrogen-bond acceptors (Lipinski definition) is 4. The highest BCUT2D eigenvalue weighted by molar-refractivity contribution is 6.41. The zero-order chi connectivity index (χ0) is 19.6. The molecule has 0 unspecified atom stereocenters. The summed E-state index contributed by atoms with van der Waals surface area (Å²) in [7, 11) is 0. The smallest absolute Gasteiger partial charge is 0.305 e. The molecule has 138 valence electrons. The first-order valence-electron chi connectivity index (χ1n) is 7.36. The summed E-state index contributed by atoms with van der Waals surface area (Å²) in [5.74, 6) is -0.427. The molecule has 0 radical (unpaired) electrons. The summed E-state index contributed by atoms with van der Waals surface area (Å²) in [6.07, 6.45) is -0.712. The highest BCUT2D eigenvalue weighted by atomic mass is 35.5. The second-order valence-corrected chi connectivity index (χ2v) is 6.08. The molecule has 10 heteroatoms. The first-order chi connectivity index (χ1) is 12.7. The topological polar surface area (TPSA) is 67.8 Å². The van der Waals surface area contributed by atoms with E-state index in [0.29, 0.717) is 0 Å². The van der Waals surface area contributed by atoms with E-state index in [-0.39, 0.29) is 32.8 Å². The largest absolute Gasteiger partial charge is 0.416 e. The molecule has 27 heavy (non-hydrogen) atoms. The number of alkyl halides is 3. The number of anilines is 1. The number of carbonyl (C=O) groups is 1. The first kappa shape index (κ1) is 19.1. The van der Waals surface area contributed by atoms with Crippen molar-refractivity contribution in [2.24, 2.45) is 0 Å². The van der Waals surface area contributed by atoms with Crippen molar-refractivity contribution in [1.29, 1.82) is 0 Å². The molecule has 1 amide bonds. The van der Waals surface area contributed by atoms with Crippen molar-refractivity contribution < 1.29 is 18.0 Å². The van der Waals surface area contributed by atoms with Crippen LogP contribution in [0.25, 0.3) is 11.3 Å². The number of nitrogens with zero attached hydrogens (tertiary/aromatic N) is 3. The second-order valence-electron chi connectivity index (χ2n) is 5.32. The van der Waals surface area contributed by atoms with Crippen LogP contribution in [-0.2, 0) is 6.18 Å². The Morgan fingerprint density at radius 1 is 1.00 bits per heavy atom. The van der Waals surface area contributed by atoms with E-state index in [9.17, 15) is 18.0 Å². The van der Waals surface area contributed by atoms with Crippen LogP contribution in [0.1, 0.15) is 15.9 Å². The standard InChI is InChI=1S/C17H9Cl2F3N4O/c18-12-5-10(6-25-15(12)19)16(27)26-14-8-23-13(7-24-14)9-2-1-3-11(4-9)17(20,21)22/h1-8H,(H,24,26,27). The van der Waals surface area contributed by atoms with Gasteiger partial charge in [0, 0.05) is 11.8 Å². The van der Waals surface area contributed by atoms with E-state index >= 15 is 0 Å². The van der Waals surface area contributed by atoms with E-state index in [2.05, 4.69) is 20.3 Å². The van der Waals surface area contributed by atoms with Crippen LogP contribution in [0.4, 0.5) is 19.0 Å². The van der Waals surface area contributed by atoms with Gasteiger partial charge in [0.1, 0.15) is 5.15 Å². The maximum Gasteiger partial charge on any atom is 0.416 e. The van der Waals surface area contributed by atoms with Crippen molar-refractivity contribution in [2.45, 2.75) is 6.18 Å². The quantitative estimate of drug-likeness (QED) is 0.606. The molecule has 0 bridgehead atoms. The number of amides is 1. The Morgan fingerprint density at radius 2 is 1.78 bits per heavy atom. The van der Waals surface area contributed by atoms with Gasteiger partial charge in [-0.25, -0.2) is 9.97 Å². The number of nitrogens with one attached hydrogen (secondary N) is 1. The Morgan fingerprint density at radius 3 is 2.41 bits per heavy atom. The molecule has 0 aliphatic rings. The van der Waals surface area contributed by atoms with Crippen molar-refractivity contribution in [3.05, 3.63) is 70.2 Å². The molecule has 0 atom stereocenters. The van der Waals surface area contributed by atoms with Gasteiger partial charge in [0.15, 0.2) is 5.82 Å². The zero-order valence-electron chi connectivity index (χ0n) is 13.3. The minimum absolute atomic E-state index is 0.0680. The molecule has 0 spiro atoms. The lowest BCUT2D eigenvalue weighted by Crippen LogP contribution is -2.13. The lowest BCUT2D eigenvalue weighted by Gasteiger charge is -2.09. The molecule has 2 heterocycles. The highest BCUT2D eigenvalue weighted by Crippen LogP contribution is 2.31. The van der Waals surface area contributed by atoms with Crippen LogP contribution >= 0.6 is 23.2 Å². The molecule has 5 nitrogen and oxygen atoms in total. The second kappa shape index (κ2) is 7.50. The zero-order valence-corrected chi connectivity index (χ0v) is 14.8. The molecule has 0 aliphatic carbocycles. The Balaban J connectivity index is 1.77. The van der Waals surface area contributed by atoms with Crippen LogP contribution in [0.3, 0.4) is 0 Å². The summed E-state index contributed by atoms with van der Waals surface area (Å²) in [6.45, 7) is 0. The summed E-state index contributed by atoms with van der Waals surface area (Å²) in [6, 6.07) is 6.06. The van der Waals surface area contributed by atoms with Crippen molar-refractivity contribution >= 4 is 34.9 Å². The number of benzene rings is 1.